The predicted octanol–water partition coefficient (Wildman–Crippen LogP) is 3.97. The number of alkyl halides is 3. The molecule has 0 aliphatic heterocycles. The molecule has 0 atom stereocenters. The van der Waals surface area contributed by atoms with Crippen LogP contribution in [0.3, 0.4) is 0 Å². The van der Waals surface area contributed by atoms with Gasteiger partial charge in [0.15, 0.2) is 5.69 Å². The molecule has 1 heterocycles. The number of nitrogens with zero attached hydrogens (tertiary/aromatic N) is 2. The van der Waals surface area contributed by atoms with Crippen LogP contribution in [0.15, 0.2) is 24.3 Å². The standard InChI is InChI=1S/C17H15F3N2O2/c1-9-13(8-10-3-2-4-12(7-10)17(18,19)20)21-15(11-5-6-11)22-14(9)16(23)24/h2-4,7,11H,5-6,8H2,1H3,(H,23,24). The molecule has 0 amide bonds. The number of hydrogen-bond donors (Lipinski definition) is 1. The number of rotatable bonds is 4. The van der Waals surface area contributed by atoms with Gasteiger partial charge in [-0.2, -0.15) is 13.2 Å². The van der Waals surface area contributed by atoms with Crippen molar-refractivity contribution in [3.63, 3.8) is 0 Å². The zero-order chi connectivity index (χ0) is 17.5. The van der Waals surface area contributed by atoms with Gasteiger partial charge in [-0.3, -0.25) is 0 Å². The molecule has 0 bridgehead atoms. The van der Waals surface area contributed by atoms with Gasteiger partial charge in [-0.1, -0.05) is 18.2 Å². The smallest absolute Gasteiger partial charge is 0.416 e. The number of benzene rings is 1. The molecule has 0 radical (unpaired) electrons. The van der Waals surface area contributed by atoms with E-state index in [1.807, 2.05) is 0 Å². The first kappa shape index (κ1) is 16.4. The highest BCUT2D eigenvalue weighted by atomic mass is 19.4. The second-order valence-corrected chi connectivity index (χ2v) is 5.96. The molecule has 0 unspecified atom stereocenters. The first-order valence-corrected chi connectivity index (χ1v) is 7.52. The molecule has 7 heteroatoms. The summed E-state index contributed by atoms with van der Waals surface area (Å²) in [6.07, 6.45) is -2.46. The van der Waals surface area contributed by atoms with E-state index in [1.54, 1.807) is 13.0 Å². The third kappa shape index (κ3) is 3.39. The number of halogens is 3. The van der Waals surface area contributed by atoms with Gasteiger partial charge in [0.25, 0.3) is 0 Å². The first-order valence-electron chi connectivity index (χ1n) is 7.52. The van der Waals surface area contributed by atoms with Crippen molar-refractivity contribution in [1.82, 2.24) is 9.97 Å². The number of aromatic nitrogens is 2. The van der Waals surface area contributed by atoms with Gasteiger partial charge in [-0.05, 0) is 31.4 Å². The van der Waals surface area contributed by atoms with Gasteiger partial charge in [-0.15, -0.1) is 0 Å². The van der Waals surface area contributed by atoms with Crippen molar-refractivity contribution in [2.45, 2.75) is 38.3 Å². The topological polar surface area (TPSA) is 63.1 Å². The molecule has 1 aliphatic carbocycles. The van der Waals surface area contributed by atoms with E-state index in [0.717, 1.165) is 25.0 Å². The molecule has 1 aromatic carbocycles. The number of carbonyl (C=O) groups is 1. The highest BCUT2D eigenvalue weighted by Gasteiger charge is 2.31. The van der Waals surface area contributed by atoms with E-state index < -0.39 is 17.7 Å². The van der Waals surface area contributed by atoms with Crippen molar-refractivity contribution in [2.75, 3.05) is 0 Å². The molecular formula is C17H15F3N2O2. The zero-order valence-electron chi connectivity index (χ0n) is 12.9. The third-order valence-corrected chi connectivity index (χ3v) is 4.03. The van der Waals surface area contributed by atoms with Crippen LogP contribution >= 0.6 is 0 Å². The molecule has 1 fully saturated rings. The van der Waals surface area contributed by atoms with Gasteiger partial charge in [-0.25, -0.2) is 14.8 Å². The van der Waals surface area contributed by atoms with Crippen molar-refractivity contribution in [2.24, 2.45) is 0 Å². The fraction of sp³-hybridized carbons (Fsp3) is 0.353. The number of carboxylic acids is 1. The van der Waals surface area contributed by atoms with E-state index in [0.29, 0.717) is 22.6 Å². The Morgan fingerprint density at radius 3 is 2.58 bits per heavy atom. The van der Waals surface area contributed by atoms with Gasteiger partial charge in [0, 0.05) is 17.9 Å². The number of aromatic carboxylic acids is 1. The Hall–Kier alpha value is -2.44. The summed E-state index contributed by atoms with van der Waals surface area (Å²) in [6, 6.07) is 5.00. The molecule has 126 valence electrons. The Bertz CT molecular complexity index is 799. The maximum atomic E-state index is 12.8. The van der Waals surface area contributed by atoms with Crippen LogP contribution in [0, 0.1) is 6.92 Å². The predicted molar refractivity (Wildman–Crippen MR) is 80.0 cm³/mol. The summed E-state index contributed by atoms with van der Waals surface area (Å²) in [5.74, 6) is -0.522. The Morgan fingerprint density at radius 2 is 2.00 bits per heavy atom. The van der Waals surface area contributed by atoms with E-state index in [1.165, 1.54) is 6.07 Å². The highest BCUT2D eigenvalue weighted by molar-refractivity contribution is 5.87. The average Bonchev–Trinajstić information content (AvgIpc) is 3.33. The zero-order valence-corrected chi connectivity index (χ0v) is 12.9. The third-order valence-electron chi connectivity index (χ3n) is 4.03. The summed E-state index contributed by atoms with van der Waals surface area (Å²) in [5, 5.41) is 9.29. The van der Waals surface area contributed by atoms with E-state index >= 15 is 0 Å². The maximum absolute atomic E-state index is 12.8. The van der Waals surface area contributed by atoms with Gasteiger partial charge in [0.1, 0.15) is 5.82 Å². The number of carboxylic acid groups (broad SMARTS) is 1. The Balaban J connectivity index is 1.99. The lowest BCUT2D eigenvalue weighted by molar-refractivity contribution is -0.137. The molecule has 1 aromatic heterocycles. The fourth-order valence-electron chi connectivity index (χ4n) is 2.54. The van der Waals surface area contributed by atoms with Crippen LogP contribution in [0.5, 0.6) is 0 Å². The second kappa shape index (κ2) is 5.89. The molecular weight excluding hydrogens is 321 g/mol. The minimum Gasteiger partial charge on any atom is -0.477 e. The van der Waals surface area contributed by atoms with Crippen LogP contribution in [0.4, 0.5) is 13.2 Å². The average molecular weight is 336 g/mol. The SMILES string of the molecule is Cc1c(Cc2cccc(C(F)(F)F)c2)nc(C2CC2)nc1C(=O)O. The van der Waals surface area contributed by atoms with E-state index in [9.17, 15) is 23.1 Å². The molecule has 1 N–H and O–H groups in total. The quantitative estimate of drug-likeness (QED) is 0.917. The molecule has 24 heavy (non-hydrogen) atoms. The van der Waals surface area contributed by atoms with Crippen molar-refractivity contribution in [3.05, 3.63) is 58.2 Å². The fourth-order valence-corrected chi connectivity index (χ4v) is 2.54. The van der Waals surface area contributed by atoms with Crippen molar-refractivity contribution in [3.8, 4) is 0 Å². The molecule has 4 nitrogen and oxygen atoms in total. The lowest BCUT2D eigenvalue weighted by Crippen LogP contribution is -2.12. The normalized spacial score (nSPS) is 14.7. The van der Waals surface area contributed by atoms with Crippen LogP contribution in [0.1, 0.15) is 57.5 Å². The number of hydrogen-bond acceptors (Lipinski definition) is 3. The van der Waals surface area contributed by atoms with Gasteiger partial charge in [0.05, 0.1) is 11.3 Å². The summed E-state index contributed by atoms with van der Waals surface area (Å²) in [4.78, 5) is 19.9. The van der Waals surface area contributed by atoms with Gasteiger partial charge < -0.3 is 5.11 Å². The van der Waals surface area contributed by atoms with E-state index in [-0.39, 0.29) is 18.0 Å². The molecule has 1 aliphatic rings. The molecule has 0 spiro atoms. The maximum Gasteiger partial charge on any atom is 0.416 e. The molecule has 1 saturated carbocycles. The summed E-state index contributed by atoms with van der Waals surface area (Å²) in [7, 11) is 0. The lowest BCUT2D eigenvalue weighted by Gasteiger charge is -2.12. The summed E-state index contributed by atoms with van der Waals surface area (Å²) < 4.78 is 38.5. The van der Waals surface area contributed by atoms with Crippen LogP contribution < -0.4 is 0 Å². The Labute approximate surface area is 136 Å². The minimum absolute atomic E-state index is 0.0751. The summed E-state index contributed by atoms with van der Waals surface area (Å²) in [6.45, 7) is 1.59. The first-order chi connectivity index (χ1) is 11.3. The minimum atomic E-state index is -4.41. The van der Waals surface area contributed by atoms with Crippen LogP contribution in [-0.4, -0.2) is 21.0 Å². The monoisotopic (exact) mass is 336 g/mol. The summed E-state index contributed by atoms with van der Waals surface area (Å²) >= 11 is 0. The van der Waals surface area contributed by atoms with Crippen molar-refractivity contribution in [1.29, 1.82) is 0 Å². The second-order valence-electron chi connectivity index (χ2n) is 5.96. The molecule has 0 saturated heterocycles. The highest BCUT2D eigenvalue weighted by Crippen LogP contribution is 2.38. The largest absolute Gasteiger partial charge is 0.477 e. The van der Waals surface area contributed by atoms with Crippen LogP contribution in [0.2, 0.25) is 0 Å². The van der Waals surface area contributed by atoms with E-state index in [4.69, 9.17) is 0 Å². The van der Waals surface area contributed by atoms with Crippen LogP contribution in [-0.2, 0) is 12.6 Å². The molecule has 2 aromatic rings. The Morgan fingerprint density at radius 1 is 1.29 bits per heavy atom. The van der Waals surface area contributed by atoms with Crippen LogP contribution in [0.25, 0.3) is 0 Å². The summed E-state index contributed by atoms with van der Waals surface area (Å²) in [5.41, 5.74) is 0.485. The van der Waals surface area contributed by atoms with Crippen molar-refractivity contribution >= 4 is 5.97 Å². The van der Waals surface area contributed by atoms with Gasteiger partial charge in [0.2, 0.25) is 0 Å². The van der Waals surface area contributed by atoms with Gasteiger partial charge >= 0.3 is 12.1 Å². The van der Waals surface area contributed by atoms with E-state index in [2.05, 4.69) is 9.97 Å². The Kier molecular flexibility index (Phi) is 4.03. The molecule has 3 rings (SSSR count). The van der Waals surface area contributed by atoms with Crippen molar-refractivity contribution < 1.29 is 23.1 Å². The lowest BCUT2D eigenvalue weighted by atomic mass is 10.0.